The predicted octanol–water partition coefficient (Wildman–Crippen LogP) is 0.891. The molecule has 3 N–H and O–H groups in total. The molecule has 1 unspecified atom stereocenters. The van der Waals surface area contributed by atoms with Crippen molar-refractivity contribution in [3.63, 3.8) is 0 Å². The minimum Gasteiger partial charge on any atom is -0.327 e. The van der Waals surface area contributed by atoms with Gasteiger partial charge in [-0.2, -0.15) is 0 Å². The van der Waals surface area contributed by atoms with E-state index in [0.717, 1.165) is 5.92 Å². The van der Waals surface area contributed by atoms with Gasteiger partial charge in [-0.1, -0.05) is 12.2 Å². The molecule has 0 aromatic rings. The number of rotatable bonds is 3. The summed E-state index contributed by atoms with van der Waals surface area (Å²) in [7, 11) is 0. The molecule has 0 radical (unpaired) electrons. The molecule has 0 aromatic heterocycles. The molecular formula is C9H18N2. The van der Waals surface area contributed by atoms with Crippen molar-refractivity contribution < 1.29 is 0 Å². The first-order valence-corrected chi connectivity index (χ1v) is 4.49. The lowest BCUT2D eigenvalue weighted by Gasteiger charge is -2.21. The Morgan fingerprint density at radius 3 is 3.00 bits per heavy atom. The Bertz CT molecular complexity index is 115. The summed E-state index contributed by atoms with van der Waals surface area (Å²) >= 11 is 0. The van der Waals surface area contributed by atoms with Crippen LogP contribution in [0.2, 0.25) is 0 Å². The van der Waals surface area contributed by atoms with E-state index >= 15 is 0 Å². The van der Waals surface area contributed by atoms with Crippen LogP contribution in [-0.2, 0) is 0 Å². The largest absolute Gasteiger partial charge is 0.327 e. The first-order valence-electron chi connectivity index (χ1n) is 4.49. The van der Waals surface area contributed by atoms with E-state index in [-0.39, 0.29) is 0 Å². The molecule has 1 rings (SSSR count). The van der Waals surface area contributed by atoms with Crippen molar-refractivity contribution in [3.8, 4) is 0 Å². The lowest BCUT2D eigenvalue weighted by atomic mass is 9.96. The van der Waals surface area contributed by atoms with Crippen molar-refractivity contribution in [1.82, 2.24) is 5.32 Å². The van der Waals surface area contributed by atoms with Gasteiger partial charge in [0.15, 0.2) is 0 Å². The van der Waals surface area contributed by atoms with Gasteiger partial charge in [-0.3, -0.25) is 0 Å². The summed E-state index contributed by atoms with van der Waals surface area (Å²) in [4.78, 5) is 0. The van der Waals surface area contributed by atoms with E-state index in [9.17, 15) is 0 Å². The Kier molecular flexibility index (Phi) is 4.24. The van der Waals surface area contributed by atoms with Crippen molar-refractivity contribution >= 4 is 0 Å². The monoisotopic (exact) mass is 154 g/mol. The van der Waals surface area contributed by atoms with E-state index in [4.69, 9.17) is 5.73 Å². The van der Waals surface area contributed by atoms with E-state index in [1.165, 1.54) is 32.4 Å². The van der Waals surface area contributed by atoms with E-state index in [0.29, 0.717) is 6.54 Å². The molecule has 0 spiro atoms. The average Bonchev–Trinajstić information content (AvgIpc) is 2.07. The molecule has 0 bridgehead atoms. The van der Waals surface area contributed by atoms with Crippen LogP contribution in [0.3, 0.4) is 0 Å². The molecule has 1 aliphatic rings. The summed E-state index contributed by atoms with van der Waals surface area (Å²) in [5, 5.41) is 3.40. The summed E-state index contributed by atoms with van der Waals surface area (Å²) < 4.78 is 0. The van der Waals surface area contributed by atoms with Gasteiger partial charge in [0.25, 0.3) is 0 Å². The number of hydrogen-bond acceptors (Lipinski definition) is 2. The van der Waals surface area contributed by atoms with Gasteiger partial charge in [-0.15, -0.1) is 0 Å². The Hall–Kier alpha value is -0.340. The molecule has 1 aliphatic heterocycles. The molecular weight excluding hydrogens is 136 g/mol. The summed E-state index contributed by atoms with van der Waals surface area (Å²) in [6.07, 6.45) is 8.17. The van der Waals surface area contributed by atoms with E-state index < -0.39 is 0 Å². The molecule has 0 amide bonds. The van der Waals surface area contributed by atoms with Crippen LogP contribution < -0.4 is 11.1 Å². The Morgan fingerprint density at radius 2 is 2.36 bits per heavy atom. The van der Waals surface area contributed by atoms with Gasteiger partial charge in [0.05, 0.1) is 0 Å². The lowest BCUT2D eigenvalue weighted by molar-refractivity contribution is 0.381. The summed E-state index contributed by atoms with van der Waals surface area (Å²) in [6, 6.07) is 0. The molecule has 0 aliphatic carbocycles. The summed E-state index contributed by atoms with van der Waals surface area (Å²) in [5.74, 6) is 0.853. The Morgan fingerprint density at radius 1 is 1.45 bits per heavy atom. The second kappa shape index (κ2) is 5.33. The van der Waals surface area contributed by atoms with Gasteiger partial charge < -0.3 is 11.1 Å². The van der Waals surface area contributed by atoms with Crippen LogP contribution in [0, 0.1) is 5.92 Å². The second-order valence-corrected chi connectivity index (χ2v) is 3.16. The molecule has 1 fully saturated rings. The molecule has 1 heterocycles. The van der Waals surface area contributed by atoms with Crippen LogP contribution in [0.25, 0.3) is 0 Å². The van der Waals surface area contributed by atoms with Crippen molar-refractivity contribution in [2.75, 3.05) is 19.6 Å². The van der Waals surface area contributed by atoms with E-state index in [2.05, 4.69) is 17.5 Å². The smallest absolute Gasteiger partial charge is 0.0106 e. The third-order valence-electron chi connectivity index (χ3n) is 2.17. The van der Waals surface area contributed by atoms with Crippen LogP contribution in [0.1, 0.15) is 19.3 Å². The van der Waals surface area contributed by atoms with Crippen molar-refractivity contribution in [2.45, 2.75) is 19.3 Å². The third-order valence-corrected chi connectivity index (χ3v) is 2.17. The van der Waals surface area contributed by atoms with Gasteiger partial charge in [-0.25, -0.2) is 0 Å². The first-order chi connectivity index (χ1) is 5.43. The first kappa shape index (κ1) is 8.75. The highest BCUT2D eigenvalue weighted by molar-refractivity contribution is 4.86. The van der Waals surface area contributed by atoms with Crippen molar-refractivity contribution in [2.24, 2.45) is 11.7 Å². The maximum absolute atomic E-state index is 5.34. The molecule has 1 atom stereocenters. The van der Waals surface area contributed by atoms with Crippen LogP contribution in [0.15, 0.2) is 12.2 Å². The molecule has 11 heavy (non-hydrogen) atoms. The predicted molar refractivity (Wildman–Crippen MR) is 48.4 cm³/mol. The Labute approximate surface area is 68.9 Å². The average molecular weight is 154 g/mol. The number of hydrogen-bond donors (Lipinski definition) is 2. The highest BCUT2D eigenvalue weighted by Crippen LogP contribution is 2.13. The van der Waals surface area contributed by atoms with Crippen LogP contribution >= 0.6 is 0 Å². The maximum Gasteiger partial charge on any atom is 0.0106 e. The standard InChI is InChI=1S/C9H18N2/c10-6-2-1-4-9-5-3-7-11-8-9/h1-2,9,11H,3-8,10H2/b2-1-. The molecule has 64 valence electrons. The lowest BCUT2D eigenvalue weighted by Crippen LogP contribution is -2.29. The molecule has 2 nitrogen and oxygen atoms in total. The number of allylic oxidation sites excluding steroid dienone is 1. The Balaban J connectivity index is 2.09. The molecule has 1 saturated heterocycles. The third kappa shape index (κ3) is 3.54. The maximum atomic E-state index is 5.34. The topological polar surface area (TPSA) is 38.0 Å². The zero-order valence-electron chi connectivity index (χ0n) is 7.05. The van der Waals surface area contributed by atoms with Gasteiger partial charge in [0.1, 0.15) is 0 Å². The van der Waals surface area contributed by atoms with Crippen LogP contribution in [-0.4, -0.2) is 19.6 Å². The number of nitrogens with one attached hydrogen (secondary N) is 1. The second-order valence-electron chi connectivity index (χ2n) is 3.16. The number of piperidine rings is 1. The molecule has 0 aromatic carbocycles. The van der Waals surface area contributed by atoms with Gasteiger partial charge in [0, 0.05) is 6.54 Å². The molecule has 2 heteroatoms. The van der Waals surface area contributed by atoms with Crippen LogP contribution in [0.5, 0.6) is 0 Å². The normalized spacial score (nSPS) is 26.1. The van der Waals surface area contributed by atoms with Crippen LogP contribution in [0.4, 0.5) is 0 Å². The fourth-order valence-corrected chi connectivity index (χ4v) is 1.51. The van der Waals surface area contributed by atoms with Crippen molar-refractivity contribution in [1.29, 1.82) is 0 Å². The molecule has 0 saturated carbocycles. The highest BCUT2D eigenvalue weighted by Gasteiger charge is 2.10. The SMILES string of the molecule is NC/C=C\CC1CCCNC1. The quantitative estimate of drug-likeness (QED) is 0.592. The number of nitrogens with two attached hydrogens (primary N) is 1. The van der Waals surface area contributed by atoms with Gasteiger partial charge in [-0.05, 0) is 38.3 Å². The van der Waals surface area contributed by atoms with Crippen molar-refractivity contribution in [3.05, 3.63) is 12.2 Å². The minimum atomic E-state index is 0.681. The highest BCUT2D eigenvalue weighted by atomic mass is 14.9. The zero-order chi connectivity index (χ0) is 7.94. The summed E-state index contributed by atoms with van der Waals surface area (Å²) in [6.45, 7) is 3.08. The van der Waals surface area contributed by atoms with Gasteiger partial charge in [0.2, 0.25) is 0 Å². The zero-order valence-corrected chi connectivity index (χ0v) is 7.05. The fourth-order valence-electron chi connectivity index (χ4n) is 1.51. The van der Waals surface area contributed by atoms with E-state index in [1.54, 1.807) is 0 Å². The fraction of sp³-hybridized carbons (Fsp3) is 0.778. The summed E-state index contributed by atoms with van der Waals surface area (Å²) in [5.41, 5.74) is 5.34. The van der Waals surface area contributed by atoms with E-state index in [1.807, 2.05) is 0 Å². The van der Waals surface area contributed by atoms with Gasteiger partial charge >= 0.3 is 0 Å². The minimum absolute atomic E-state index is 0.681.